The highest BCUT2D eigenvalue weighted by Gasteiger charge is 2.23. The first-order chi connectivity index (χ1) is 12.2. The van der Waals surface area contributed by atoms with Gasteiger partial charge < -0.3 is 14.2 Å². The third-order valence-electron chi connectivity index (χ3n) is 4.34. The second kappa shape index (κ2) is 6.84. The quantitative estimate of drug-likeness (QED) is 0.707. The van der Waals surface area contributed by atoms with Gasteiger partial charge in [0, 0.05) is 32.9 Å². The van der Waals surface area contributed by atoms with Crippen molar-refractivity contribution in [3.05, 3.63) is 41.9 Å². The number of anilines is 1. The van der Waals surface area contributed by atoms with Crippen LogP contribution in [0.2, 0.25) is 0 Å². The Balaban J connectivity index is 1.37. The van der Waals surface area contributed by atoms with Crippen LogP contribution in [0, 0.1) is 13.8 Å². The molecule has 0 amide bonds. The average molecular weight is 356 g/mol. The van der Waals surface area contributed by atoms with Crippen LogP contribution in [0.5, 0.6) is 5.75 Å². The highest BCUT2D eigenvalue weighted by atomic mass is 32.1. The molecule has 0 unspecified atom stereocenters. The molecule has 0 aliphatic carbocycles. The van der Waals surface area contributed by atoms with Crippen molar-refractivity contribution in [2.75, 3.05) is 18.0 Å². The van der Waals surface area contributed by atoms with E-state index in [1.54, 1.807) is 18.3 Å². The molecule has 1 saturated heterocycles. The van der Waals surface area contributed by atoms with Crippen molar-refractivity contribution in [3.63, 3.8) is 0 Å². The van der Waals surface area contributed by atoms with Crippen LogP contribution in [0.3, 0.4) is 0 Å². The normalized spacial score (nSPS) is 15.5. The largest absolute Gasteiger partial charge is 0.490 e. The summed E-state index contributed by atoms with van der Waals surface area (Å²) in [5.41, 5.74) is 1.19. The molecule has 25 heavy (non-hydrogen) atoms. The molecular weight excluding hydrogens is 336 g/mol. The molecule has 7 heteroatoms. The van der Waals surface area contributed by atoms with Crippen molar-refractivity contribution in [2.24, 2.45) is 0 Å². The number of thiazole rings is 1. The summed E-state index contributed by atoms with van der Waals surface area (Å²) in [6, 6.07) is 8.19. The van der Waals surface area contributed by atoms with Gasteiger partial charge in [0.2, 0.25) is 11.7 Å². The Labute approximate surface area is 150 Å². The predicted molar refractivity (Wildman–Crippen MR) is 97.2 cm³/mol. The number of aryl methyl sites for hydroxylation is 2. The third kappa shape index (κ3) is 3.51. The maximum Gasteiger partial charge on any atom is 0.223 e. The summed E-state index contributed by atoms with van der Waals surface area (Å²) in [7, 11) is 0. The van der Waals surface area contributed by atoms with Crippen molar-refractivity contribution in [1.29, 1.82) is 0 Å². The summed E-state index contributed by atoms with van der Waals surface area (Å²) in [6.07, 6.45) is 4.06. The lowest BCUT2D eigenvalue weighted by Gasteiger charge is -2.32. The minimum atomic E-state index is 0.261. The zero-order chi connectivity index (χ0) is 17.2. The first-order valence-electron chi connectivity index (χ1n) is 8.43. The zero-order valence-corrected chi connectivity index (χ0v) is 15.1. The number of nitrogens with zero attached hydrogens (tertiary/aromatic N) is 4. The molecule has 0 bridgehead atoms. The third-order valence-corrected chi connectivity index (χ3v) is 5.40. The number of aromatic nitrogens is 3. The topological polar surface area (TPSA) is 64.3 Å². The summed E-state index contributed by atoms with van der Waals surface area (Å²) in [4.78, 5) is 12.0. The number of hydrogen-bond donors (Lipinski definition) is 0. The van der Waals surface area contributed by atoms with Gasteiger partial charge in [-0.15, -0.1) is 0 Å². The molecule has 4 rings (SSSR count). The summed E-state index contributed by atoms with van der Waals surface area (Å²) in [5, 5.41) is 4.96. The molecule has 0 radical (unpaired) electrons. The van der Waals surface area contributed by atoms with Gasteiger partial charge in [0.05, 0.1) is 11.1 Å². The lowest BCUT2D eigenvalue weighted by Crippen LogP contribution is -2.38. The molecule has 2 aromatic heterocycles. The molecular formula is C18H20N4O2S. The molecule has 1 fully saturated rings. The van der Waals surface area contributed by atoms with Gasteiger partial charge in [0.25, 0.3) is 0 Å². The van der Waals surface area contributed by atoms with Crippen LogP contribution in [0.4, 0.5) is 5.13 Å². The van der Waals surface area contributed by atoms with E-state index < -0.39 is 0 Å². The minimum absolute atomic E-state index is 0.261. The number of hydrogen-bond acceptors (Lipinski definition) is 7. The maximum atomic E-state index is 6.17. The van der Waals surface area contributed by atoms with E-state index in [0.29, 0.717) is 11.7 Å². The first-order valence-corrected chi connectivity index (χ1v) is 9.24. The minimum Gasteiger partial charge on any atom is -0.490 e. The van der Waals surface area contributed by atoms with Gasteiger partial charge in [-0.25, -0.2) is 4.98 Å². The molecule has 0 saturated carbocycles. The van der Waals surface area contributed by atoms with Crippen LogP contribution in [-0.4, -0.2) is 34.3 Å². The molecule has 3 heterocycles. The Morgan fingerprint density at radius 3 is 2.72 bits per heavy atom. The van der Waals surface area contributed by atoms with Gasteiger partial charge in [-0.1, -0.05) is 34.7 Å². The Morgan fingerprint density at radius 1 is 1.20 bits per heavy atom. The molecule has 0 spiro atoms. The lowest BCUT2D eigenvalue weighted by molar-refractivity contribution is 0.170. The van der Waals surface area contributed by atoms with Crippen molar-refractivity contribution >= 4 is 16.5 Å². The van der Waals surface area contributed by atoms with Gasteiger partial charge >= 0.3 is 0 Å². The van der Waals surface area contributed by atoms with E-state index in [2.05, 4.69) is 33.0 Å². The zero-order valence-electron chi connectivity index (χ0n) is 14.3. The fourth-order valence-corrected chi connectivity index (χ4v) is 3.84. The molecule has 0 atom stereocenters. The summed E-state index contributed by atoms with van der Waals surface area (Å²) < 4.78 is 11.2. The summed E-state index contributed by atoms with van der Waals surface area (Å²) in [5.74, 6) is 2.17. The molecule has 1 aromatic carbocycles. The van der Waals surface area contributed by atoms with Crippen molar-refractivity contribution < 1.29 is 9.26 Å². The Bertz CT molecular complexity index is 852. The summed E-state index contributed by atoms with van der Waals surface area (Å²) in [6.45, 7) is 5.75. The van der Waals surface area contributed by atoms with Crippen molar-refractivity contribution in [1.82, 2.24) is 15.1 Å². The number of rotatable bonds is 4. The van der Waals surface area contributed by atoms with Crippen molar-refractivity contribution in [2.45, 2.75) is 32.8 Å². The highest BCUT2D eigenvalue weighted by Crippen LogP contribution is 2.31. The van der Waals surface area contributed by atoms with Gasteiger partial charge in [-0.05, 0) is 18.6 Å². The SMILES string of the molecule is Cc1nc(-c2cnc(N3CCC(Oc4ccccc4C)CC3)s2)no1. The van der Waals surface area contributed by atoms with Gasteiger partial charge in [-0.2, -0.15) is 4.98 Å². The lowest BCUT2D eigenvalue weighted by atomic mass is 10.1. The van der Waals surface area contributed by atoms with E-state index in [4.69, 9.17) is 9.26 Å². The highest BCUT2D eigenvalue weighted by molar-refractivity contribution is 7.18. The van der Waals surface area contributed by atoms with Crippen LogP contribution in [0.15, 0.2) is 35.0 Å². The molecule has 0 N–H and O–H groups in total. The maximum absolute atomic E-state index is 6.17. The standard InChI is InChI=1S/C18H20N4O2S/c1-12-5-3-4-6-15(12)23-14-7-9-22(10-8-14)18-19-11-16(25-18)17-20-13(2)24-21-17/h3-6,11,14H,7-10H2,1-2H3. The van der Waals surface area contributed by atoms with Crippen LogP contribution in [0.1, 0.15) is 24.3 Å². The number of para-hydroxylation sites is 1. The molecule has 1 aliphatic rings. The predicted octanol–water partition coefficient (Wildman–Crippen LogP) is 3.86. The molecule has 1 aliphatic heterocycles. The molecule has 6 nitrogen and oxygen atoms in total. The smallest absolute Gasteiger partial charge is 0.223 e. The van der Waals surface area contributed by atoms with Crippen molar-refractivity contribution in [3.8, 4) is 16.5 Å². The van der Waals surface area contributed by atoms with Crippen LogP contribution in [-0.2, 0) is 0 Å². The van der Waals surface area contributed by atoms with Crippen LogP contribution >= 0.6 is 11.3 Å². The number of piperidine rings is 1. The Kier molecular flexibility index (Phi) is 4.40. The fourth-order valence-electron chi connectivity index (χ4n) is 2.95. The Hall–Kier alpha value is -2.41. The number of benzene rings is 1. The molecule has 3 aromatic rings. The van der Waals surface area contributed by atoms with Crippen LogP contribution in [0.25, 0.3) is 10.7 Å². The van der Waals surface area contributed by atoms with E-state index in [9.17, 15) is 0 Å². The second-order valence-electron chi connectivity index (χ2n) is 6.21. The van der Waals surface area contributed by atoms with Gasteiger partial charge in [0.1, 0.15) is 11.9 Å². The van der Waals surface area contributed by atoms with E-state index in [1.807, 2.05) is 24.4 Å². The van der Waals surface area contributed by atoms with Gasteiger partial charge in [-0.3, -0.25) is 0 Å². The average Bonchev–Trinajstić information content (AvgIpc) is 3.27. The summed E-state index contributed by atoms with van der Waals surface area (Å²) >= 11 is 1.60. The first kappa shape index (κ1) is 16.1. The second-order valence-corrected chi connectivity index (χ2v) is 7.22. The van der Waals surface area contributed by atoms with E-state index >= 15 is 0 Å². The Morgan fingerprint density at radius 2 is 2.00 bits per heavy atom. The van der Waals surface area contributed by atoms with E-state index in [-0.39, 0.29) is 6.10 Å². The monoisotopic (exact) mass is 356 g/mol. The molecule has 130 valence electrons. The fraction of sp³-hybridized carbons (Fsp3) is 0.389. The number of ether oxygens (including phenoxy) is 1. The van der Waals surface area contributed by atoms with Gasteiger partial charge in [0.15, 0.2) is 5.13 Å². The van der Waals surface area contributed by atoms with Crippen LogP contribution < -0.4 is 9.64 Å². The van der Waals surface area contributed by atoms with E-state index in [0.717, 1.165) is 41.7 Å². The van der Waals surface area contributed by atoms with E-state index in [1.165, 1.54) is 5.56 Å².